The molecule has 0 spiro atoms. The molecule has 0 N–H and O–H groups in total. The zero-order valence-electron chi connectivity index (χ0n) is 6.59. The maximum absolute atomic E-state index is 10.7. The topological polar surface area (TPSA) is 59.3 Å². The zero-order valence-corrected chi connectivity index (χ0v) is 6.59. The number of hydrogen-bond donors (Lipinski definition) is 0. The number of ether oxygens (including phenoxy) is 2. The highest BCUT2D eigenvalue weighted by Gasteiger charge is 2.13. The lowest BCUT2D eigenvalue weighted by atomic mass is 10.3. The first kappa shape index (κ1) is 9.92. The second kappa shape index (κ2) is 5.69. The molecule has 61 valence electrons. The molecule has 0 atom stereocenters. The quantitative estimate of drug-likeness (QED) is 0.569. The Labute approximate surface area is 65.7 Å². The summed E-state index contributed by atoms with van der Waals surface area (Å²) in [4.78, 5) is 10.7. The van der Waals surface area contributed by atoms with Crippen LogP contribution in [0.5, 0.6) is 0 Å². The van der Waals surface area contributed by atoms with Crippen molar-refractivity contribution >= 4 is 5.97 Å². The van der Waals surface area contributed by atoms with Gasteiger partial charge in [-0.05, 0) is 6.42 Å². The molecule has 0 saturated carbocycles. The van der Waals surface area contributed by atoms with E-state index in [1.807, 2.05) is 6.92 Å². The molecule has 4 nitrogen and oxygen atoms in total. The fraction of sp³-hybridized carbons (Fsp3) is 0.571. The first-order valence-electron chi connectivity index (χ1n) is 3.26. The Morgan fingerprint density at radius 2 is 2.27 bits per heavy atom. The van der Waals surface area contributed by atoms with E-state index in [1.165, 1.54) is 7.11 Å². The van der Waals surface area contributed by atoms with Crippen molar-refractivity contribution in [3.8, 4) is 6.07 Å². The van der Waals surface area contributed by atoms with Gasteiger partial charge in [0, 0.05) is 13.5 Å². The van der Waals surface area contributed by atoms with E-state index in [0.717, 1.165) is 0 Å². The van der Waals surface area contributed by atoms with E-state index in [1.54, 1.807) is 6.07 Å². The second-order valence-electron chi connectivity index (χ2n) is 1.83. The van der Waals surface area contributed by atoms with Gasteiger partial charge in [0.15, 0.2) is 6.07 Å². The number of carbonyl (C=O) groups is 1. The van der Waals surface area contributed by atoms with Crippen molar-refractivity contribution in [1.29, 1.82) is 5.26 Å². The molecule has 4 heteroatoms. The van der Waals surface area contributed by atoms with E-state index < -0.39 is 5.97 Å². The van der Waals surface area contributed by atoms with Crippen LogP contribution in [-0.4, -0.2) is 13.1 Å². The summed E-state index contributed by atoms with van der Waals surface area (Å²) in [6, 6.07) is 1.59. The molecule has 0 aromatic heterocycles. The third-order valence-corrected chi connectivity index (χ3v) is 0.937. The third-order valence-electron chi connectivity index (χ3n) is 0.937. The SMILES string of the molecule is CCCC(=O)O[C](C#N)OC. The van der Waals surface area contributed by atoms with E-state index >= 15 is 0 Å². The Morgan fingerprint density at radius 3 is 2.64 bits per heavy atom. The number of rotatable bonds is 4. The van der Waals surface area contributed by atoms with E-state index in [9.17, 15) is 4.79 Å². The van der Waals surface area contributed by atoms with Crippen molar-refractivity contribution in [2.45, 2.75) is 19.8 Å². The molecule has 0 aliphatic heterocycles. The first-order chi connectivity index (χ1) is 5.24. The number of carbonyl (C=O) groups excluding carboxylic acids is 1. The fourth-order valence-corrected chi connectivity index (χ4v) is 0.469. The molecule has 0 aliphatic rings. The largest absolute Gasteiger partial charge is 0.412 e. The van der Waals surface area contributed by atoms with Crippen molar-refractivity contribution in [2.75, 3.05) is 7.11 Å². The fourth-order valence-electron chi connectivity index (χ4n) is 0.469. The maximum Gasteiger partial charge on any atom is 0.385 e. The number of nitriles is 1. The summed E-state index contributed by atoms with van der Waals surface area (Å²) in [5, 5.41) is 8.25. The Balaban J connectivity index is 3.65. The Bertz CT molecular complexity index is 162. The van der Waals surface area contributed by atoms with Crippen molar-refractivity contribution in [3.63, 3.8) is 0 Å². The summed E-state index contributed by atoms with van der Waals surface area (Å²) in [5.74, 6) is -0.439. The van der Waals surface area contributed by atoms with Gasteiger partial charge in [-0.15, -0.1) is 0 Å². The summed E-state index contributed by atoms with van der Waals surface area (Å²) < 4.78 is 8.91. The van der Waals surface area contributed by atoms with Crippen molar-refractivity contribution in [3.05, 3.63) is 6.29 Å². The average Bonchev–Trinajstić information content (AvgIpc) is 2.01. The molecular formula is C7H10NO3. The van der Waals surface area contributed by atoms with E-state index in [-0.39, 0.29) is 6.29 Å². The summed E-state index contributed by atoms with van der Waals surface area (Å²) >= 11 is 0. The number of hydrogen-bond acceptors (Lipinski definition) is 4. The van der Waals surface area contributed by atoms with Gasteiger partial charge in [0.05, 0.1) is 0 Å². The summed E-state index contributed by atoms with van der Waals surface area (Å²) in [5.41, 5.74) is 0. The highest BCUT2D eigenvalue weighted by atomic mass is 16.7. The van der Waals surface area contributed by atoms with Gasteiger partial charge in [-0.1, -0.05) is 6.92 Å². The number of esters is 1. The van der Waals surface area contributed by atoms with Crippen molar-refractivity contribution in [2.24, 2.45) is 0 Å². The Morgan fingerprint density at radius 1 is 1.64 bits per heavy atom. The molecule has 0 bridgehead atoms. The van der Waals surface area contributed by atoms with Crippen LogP contribution in [0, 0.1) is 17.6 Å². The monoisotopic (exact) mass is 156 g/mol. The molecule has 0 aliphatic carbocycles. The van der Waals surface area contributed by atoms with Crippen LogP contribution >= 0.6 is 0 Å². The van der Waals surface area contributed by atoms with Crippen LogP contribution in [-0.2, 0) is 14.3 Å². The lowest BCUT2D eigenvalue weighted by Gasteiger charge is -2.04. The van der Waals surface area contributed by atoms with E-state index in [4.69, 9.17) is 5.26 Å². The standard InChI is InChI=1S/C7H10NO3/c1-3-4-6(9)11-7(5-8)10-2/h3-4H2,1-2H3. The Kier molecular flexibility index (Phi) is 5.13. The lowest BCUT2D eigenvalue weighted by molar-refractivity contribution is -0.149. The summed E-state index contributed by atoms with van der Waals surface area (Å²) in [7, 11) is 1.28. The van der Waals surface area contributed by atoms with Crippen molar-refractivity contribution in [1.82, 2.24) is 0 Å². The normalized spacial score (nSPS) is 9.27. The summed E-state index contributed by atoms with van der Waals surface area (Å²) in [6.45, 7) is 1.85. The predicted molar refractivity (Wildman–Crippen MR) is 36.9 cm³/mol. The predicted octanol–water partition coefficient (Wildman–Crippen LogP) is 0.989. The molecule has 0 rings (SSSR count). The minimum absolute atomic E-state index is 0.300. The minimum Gasteiger partial charge on any atom is -0.412 e. The molecule has 0 unspecified atom stereocenters. The van der Waals surface area contributed by atoms with Crippen LogP contribution in [0.1, 0.15) is 19.8 Å². The van der Waals surface area contributed by atoms with Crippen LogP contribution in [0.15, 0.2) is 0 Å². The van der Waals surface area contributed by atoms with Gasteiger partial charge in [0.1, 0.15) is 0 Å². The smallest absolute Gasteiger partial charge is 0.385 e. The first-order valence-corrected chi connectivity index (χ1v) is 3.26. The van der Waals surface area contributed by atoms with E-state index in [0.29, 0.717) is 12.8 Å². The molecule has 11 heavy (non-hydrogen) atoms. The van der Waals surface area contributed by atoms with Crippen LogP contribution in [0.25, 0.3) is 0 Å². The van der Waals surface area contributed by atoms with Crippen LogP contribution < -0.4 is 0 Å². The van der Waals surface area contributed by atoms with Gasteiger partial charge in [0.25, 0.3) is 0 Å². The molecule has 0 aromatic rings. The van der Waals surface area contributed by atoms with E-state index in [2.05, 4.69) is 9.47 Å². The molecule has 0 heterocycles. The molecule has 0 saturated heterocycles. The zero-order chi connectivity index (χ0) is 8.69. The lowest BCUT2D eigenvalue weighted by Crippen LogP contribution is -2.10. The molecule has 0 amide bonds. The highest BCUT2D eigenvalue weighted by Crippen LogP contribution is 2.03. The van der Waals surface area contributed by atoms with Gasteiger partial charge in [0.2, 0.25) is 0 Å². The van der Waals surface area contributed by atoms with Crippen LogP contribution in [0.2, 0.25) is 0 Å². The highest BCUT2D eigenvalue weighted by molar-refractivity contribution is 5.70. The minimum atomic E-state index is -0.439. The van der Waals surface area contributed by atoms with Crippen LogP contribution in [0.4, 0.5) is 0 Å². The maximum atomic E-state index is 10.7. The number of nitrogens with zero attached hydrogens (tertiary/aromatic N) is 1. The van der Waals surface area contributed by atoms with Gasteiger partial charge >= 0.3 is 12.3 Å². The molecule has 1 radical (unpaired) electrons. The molecule has 0 aromatic carbocycles. The second-order valence-corrected chi connectivity index (χ2v) is 1.83. The van der Waals surface area contributed by atoms with Gasteiger partial charge in [-0.25, -0.2) is 0 Å². The summed E-state index contributed by atoms with van der Waals surface area (Å²) in [6.07, 6.45) is 0.693. The van der Waals surface area contributed by atoms with Gasteiger partial charge < -0.3 is 9.47 Å². The average molecular weight is 156 g/mol. The van der Waals surface area contributed by atoms with Crippen LogP contribution in [0.3, 0.4) is 0 Å². The molecular weight excluding hydrogens is 146 g/mol. The Hall–Kier alpha value is -1.08. The van der Waals surface area contributed by atoms with Crippen molar-refractivity contribution < 1.29 is 14.3 Å². The third kappa shape index (κ3) is 4.34. The number of methoxy groups -OCH3 is 1. The van der Waals surface area contributed by atoms with Gasteiger partial charge in [-0.3, -0.25) is 4.79 Å². The van der Waals surface area contributed by atoms with Gasteiger partial charge in [-0.2, -0.15) is 5.26 Å². The molecule has 0 fully saturated rings.